The molecule has 126 valence electrons. The molecule has 9 heteroatoms. The summed E-state index contributed by atoms with van der Waals surface area (Å²) in [6, 6.07) is 0. The number of aromatic nitrogens is 2. The van der Waals surface area contributed by atoms with Crippen molar-refractivity contribution in [3.8, 4) is 0 Å². The Morgan fingerprint density at radius 2 is 2.00 bits per heavy atom. The zero-order valence-corrected chi connectivity index (χ0v) is 14.9. The molecule has 2 heterocycles. The third-order valence-electron chi connectivity index (χ3n) is 3.97. The van der Waals surface area contributed by atoms with E-state index in [4.69, 9.17) is 0 Å². The average molecular weight is 348 g/mol. The molecule has 0 unspecified atom stereocenters. The Kier molecular flexibility index (Phi) is 5.41. The van der Waals surface area contributed by atoms with Crippen LogP contribution < -0.4 is 4.72 Å². The van der Waals surface area contributed by atoms with Gasteiger partial charge in [-0.2, -0.15) is 5.10 Å². The maximum absolute atomic E-state index is 12.3. The highest BCUT2D eigenvalue weighted by atomic mass is 32.2. The molecular formula is C13H24N4O3S2. The molecule has 0 saturated carbocycles. The highest BCUT2D eigenvalue weighted by Gasteiger charge is 2.31. The lowest BCUT2D eigenvalue weighted by Gasteiger charge is -2.40. The van der Waals surface area contributed by atoms with Gasteiger partial charge in [-0.15, -0.1) is 0 Å². The maximum atomic E-state index is 12.3. The fourth-order valence-corrected chi connectivity index (χ4v) is 4.57. The molecule has 0 aliphatic carbocycles. The normalized spacial score (nSPS) is 18.7. The molecule has 1 aromatic heterocycles. The van der Waals surface area contributed by atoms with Gasteiger partial charge in [-0.05, 0) is 20.8 Å². The van der Waals surface area contributed by atoms with Gasteiger partial charge < -0.3 is 0 Å². The van der Waals surface area contributed by atoms with E-state index >= 15 is 0 Å². The Labute approximate surface area is 134 Å². The van der Waals surface area contributed by atoms with Gasteiger partial charge in [0.25, 0.3) is 0 Å². The minimum absolute atomic E-state index is 0.185. The quantitative estimate of drug-likeness (QED) is 0.784. The first-order valence-corrected chi connectivity index (χ1v) is 10.3. The van der Waals surface area contributed by atoms with Crippen LogP contribution >= 0.6 is 0 Å². The number of hydrogen-bond acceptors (Lipinski definition) is 5. The number of nitrogens with zero attached hydrogens (tertiary/aromatic N) is 3. The lowest BCUT2D eigenvalue weighted by Crippen LogP contribution is -2.55. The maximum Gasteiger partial charge on any atom is 0.243 e. The molecule has 0 spiro atoms. The van der Waals surface area contributed by atoms with Crippen LogP contribution in [0, 0.1) is 0 Å². The van der Waals surface area contributed by atoms with E-state index in [0.717, 1.165) is 13.1 Å². The van der Waals surface area contributed by atoms with E-state index in [1.165, 1.54) is 12.4 Å². The molecule has 0 amide bonds. The van der Waals surface area contributed by atoms with Crippen LogP contribution in [0.25, 0.3) is 0 Å². The SMILES string of the molecule is CCn1cc(S(=O)(=O)NCC(C)(C)N2CCS(=O)CC2)cn1. The summed E-state index contributed by atoms with van der Waals surface area (Å²) in [5, 5.41) is 4.00. The van der Waals surface area contributed by atoms with Gasteiger partial charge in [-0.3, -0.25) is 13.8 Å². The van der Waals surface area contributed by atoms with Gasteiger partial charge in [0.1, 0.15) is 4.90 Å². The van der Waals surface area contributed by atoms with Crippen molar-refractivity contribution in [2.75, 3.05) is 31.1 Å². The van der Waals surface area contributed by atoms with E-state index in [2.05, 4.69) is 14.7 Å². The van der Waals surface area contributed by atoms with Crippen molar-refractivity contribution in [3.05, 3.63) is 12.4 Å². The molecule has 1 fully saturated rings. The molecule has 22 heavy (non-hydrogen) atoms. The van der Waals surface area contributed by atoms with Crippen molar-refractivity contribution < 1.29 is 12.6 Å². The fraction of sp³-hybridized carbons (Fsp3) is 0.769. The Balaban J connectivity index is 1.99. The van der Waals surface area contributed by atoms with Crippen LogP contribution in [0.15, 0.2) is 17.3 Å². The first kappa shape index (κ1) is 17.6. The second kappa shape index (κ2) is 6.77. The van der Waals surface area contributed by atoms with E-state index in [-0.39, 0.29) is 10.4 Å². The third-order valence-corrected chi connectivity index (χ3v) is 6.60. The van der Waals surface area contributed by atoms with Gasteiger partial charge in [0, 0.05) is 60.2 Å². The van der Waals surface area contributed by atoms with E-state index in [9.17, 15) is 12.6 Å². The van der Waals surface area contributed by atoms with Crippen LogP contribution in [0.3, 0.4) is 0 Å². The van der Waals surface area contributed by atoms with Crippen LogP contribution in [0.2, 0.25) is 0 Å². The summed E-state index contributed by atoms with van der Waals surface area (Å²) in [5.41, 5.74) is -0.321. The van der Waals surface area contributed by atoms with E-state index < -0.39 is 20.8 Å². The molecule has 1 aliphatic heterocycles. The van der Waals surface area contributed by atoms with Gasteiger partial charge in [0.05, 0.1) is 6.20 Å². The topological polar surface area (TPSA) is 84.3 Å². The number of aryl methyl sites for hydroxylation is 1. The largest absolute Gasteiger partial charge is 0.295 e. The zero-order chi connectivity index (χ0) is 16.4. The summed E-state index contributed by atoms with van der Waals surface area (Å²) in [7, 11) is -4.29. The van der Waals surface area contributed by atoms with E-state index in [1.54, 1.807) is 4.68 Å². The molecule has 2 rings (SSSR count). The average Bonchev–Trinajstić information content (AvgIpc) is 2.96. The number of sulfonamides is 1. The van der Waals surface area contributed by atoms with Crippen molar-refractivity contribution in [2.45, 2.75) is 37.8 Å². The Morgan fingerprint density at radius 3 is 2.55 bits per heavy atom. The van der Waals surface area contributed by atoms with E-state index in [0.29, 0.717) is 24.6 Å². The molecule has 0 bridgehead atoms. The number of rotatable bonds is 6. The van der Waals surface area contributed by atoms with Gasteiger partial charge >= 0.3 is 0 Å². The van der Waals surface area contributed by atoms with Gasteiger partial charge in [-0.1, -0.05) is 0 Å². The molecule has 1 aromatic rings. The summed E-state index contributed by atoms with van der Waals surface area (Å²) >= 11 is 0. The molecule has 1 saturated heterocycles. The van der Waals surface area contributed by atoms with Gasteiger partial charge in [0.2, 0.25) is 10.0 Å². The van der Waals surface area contributed by atoms with Crippen molar-refractivity contribution in [3.63, 3.8) is 0 Å². The monoisotopic (exact) mass is 348 g/mol. The highest BCUT2D eigenvalue weighted by Crippen LogP contribution is 2.17. The Hall–Kier alpha value is -0.770. The molecule has 7 nitrogen and oxygen atoms in total. The van der Waals surface area contributed by atoms with Crippen LogP contribution in [-0.4, -0.2) is 64.0 Å². The molecule has 1 N–H and O–H groups in total. The minimum Gasteiger partial charge on any atom is -0.295 e. The lowest BCUT2D eigenvalue weighted by atomic mass is 10.0. The zero-order valence-electron chi connectivity index (χ0n) is 13.3. The fourth-order valence-electron chi connectivity index (χ4n) is 2.37. The van der Waals surface area contributed by atoms with Crippen LogP contribution in [0.5, 0.6) is 0 Å². The summed E-state index contributed by atoms with van der Waals surface area (Å²) in [4.78, 5) is 2.37. The molecule has 0 atom stereocenters. The Bertz CT molecular complexity index is 629. The van der Waals surface area contributed by atoms with Crippen LogP contribution in [0.1, 0.15) is 20.8 Å². The smallest absolute Gasteiger partial charge is 0.243 e. The summed E-state index contributed by atoms with van der Waals surface area (Å²) < 4.78 is 40.3. The van der Waals surface area contributed by atoms with Crippen molar-refractivity contribution >= 4 is 20.8 Å². The van der Waals surface area contributed by atoms with Crippen LogP contribution in [0.4, 0.5) is 0 Å². The minimum atomic E-state index is -3.55. The molecule has 1 aliphatic rings. The van der Waals surface area contributed by atoms with E-state index in [1.807, 2.05) is 20.8 Å². The summed E-state index contributed by atoms with van der Waals surface area (Å²) in [6.45, 7) is 8.30. The second-order valence-corrected chi connectivity index (χ2v) is 9.47. The predicted octanol–water partition coefficient (Wildman–Crippen LogP) is 0.0242. The van der Waals surface area contributed by atoms with Crippen LogP contribution in [-0.2, 0) is 27.4 Å². The predicted molar refractivity (Wildman–Crippen MR) is 86.6 cm³/mol. The summed E-state index contributed by atoms with van der Waals surface area (Å²) in [5.74, 6) is 1.30. The summed E-state index contributed by atoms with van der Waals surface area (Å²) in [6.07, 6.45) is 2.89. The second-order valence-electron chi connectivity index (χ2n) is 6.00. The van der Waals surface area contributed by atoms with Crippen molar-refractivity contribution in [2.24, 2.45) is 0 Å². The van der Waals surface area contributed by atoms with Crippen molar-refractivity contribution in [1.29, 1.82) is 0 Å². The number of hydrogen-bond donors (Lipinski definition) is 1. The van der Waals surface area contributed by atoms with Gasteiger partial charge in [0.15, 0.2) is 0 Å². The molecular weight excluding hydrogens is 324 g/mol. The standard InChI is InChI=1S/C13H24N4O3S2/c1-4-17-10-12(9-14-17)22(19,20)15-11-13(2,3)16-5-7-21(18)8-6-16/h9-10,15H,4-8,11H2,1-3H3. The molecule has 0 aromatic carbocycles. The Morgan fingerprint density at radius 1 is 1.36 bits per heavy atom. The highest BCUT2D eigenvalue weighted by molar-refractivity contribution is 7.89. The van der Waals surface area contributed by atoms with Crippen molar-refractivity contribution in [1.82, 2.24) is 19.4 Å². The third kappa shape index (κ3) is 4.15. The first-order valence-electron chi connectivity index (χ1n) is 7.37. The molecule has 0 radical (unpaired) electrons. The lowest BCUT2D eigenvalue weighted by molar-refractivity contribution is 0.137. The first-order chi connectivity index (χ1) is 10.2. The number of nitrogens with one attached hydrogen (secondary N) is 1. The van der Waals surface area contributed by atoms with Gasteiger partial charge in [-0.25, -0.2) is 13.1 Å².